The Morgan fingerprint density at radius 3 is 2.92 bits per heavy atom. The maximum absolute atomic E-state index is 12.5. The highest BCUT2D eigenvalue weighted by molar-refractivity contribution is 5.74. The van der Waals surface area contributed by atoms with Crippen LogP contribution >= 0.6 is 0 Å². The number of phenolic OH excluding ortho intramolecular Hbond substituents is 1. The number of hydrogen-bond donors (Lipinski definition) is 2. The standard InChI is InChI=1S/C22H30O4/c1-3-10-26-21(25)18-12-19-17-6-4-13-11-14(23)5-7-15(13)16(17)8-9-22(19,2)20(18)24/h5,7,11,16-20,23-24H,3-4,6,8-10,12H2,1-2H3/t16-,17-,18-,19+,20+,22+/m1/s1. The van der Waals surface area contributed by atoms with Gasteiger partial charge in [-0.3, -0.25) is 4.79 Å². The second kappa shape index (κ2) is 6.56. The number of fused-ring (bicyclic) bond motifs is 5. The molecule has 2 saturated carbocycles. The van der Waals surface area contributed by atoms with Gasteiger partial charge in [-0.15, -0.1) is 0 Å². The number of rotatable bonds is 3. The van der Waals surface area contributed by atoms with Crippen molar-refractivity contribution in [2.24, 2.45) is 23.2 Å². The summed E-state index contributed by atoms with van der Waals surface area (Å²) in [7, 11) is 0. The van der Waals surface area contributed by atoms with Gasteiger partial charge in [-0.05, 0) is 85.0 Å². The molecule has 0 heterocycles. The molecule has 0 spiro atoms. The average Bonchev–Trinajstić information content (AvgIpc) is 2.91. The number of benzene rings is 1. The first-order valence-electron chi connectivity index (χ1n) is 10.1. The maximum Gasteiger partial charge on any atom is 0.311 e. The number of carbonyl (C=O) groups is 1. The summed E-state index contributed by atoms with van der Waals surface area (Å²) in [4.78, 5) is 12.5. The van der Waals surface area contributed by atoms with Gasteiger partial charge in [0.05, 0.1) is 18.6 Å². The summed E-state index contributed by atoms with van der Waals surface area (Å²) >= 11 is 0. The van der Waals surface area contributed by atoms with E-state index in [1.165, 1.54) is 11.1 Å². The third-order valence-electron chi connectivity index (χ3n) is 7.46. The average molecular weight is 358 g/mol. The Bertz CT molecular complexity index is 699. The number of ether oxygens (including phenoxy) is 1. The summed E-state index contributed by atoms with van der Waals surface area (Å²) in [5.74, 6) is 1.10. The fraction of sp³-hybridized carbons (Fsp3) is 0.682. The highest BCUT2D eigenvalue weighted by Crippen LogP contribution is 2.62. The van der Waals surface area contributed by atoms with Crippen LogP contribution in [0.3, 0.4) is 0 Å². The number of hydrogen-bond acceptors (Lipinski definition) is 4. The van der Waals surface area contributed by atoms with Crippen molar-refractivity contribution in [1.82, 2.24) is 0 Å². The summed E-state index contributed by atoms with van der Waals surface area (Å²) < 4.78 is 5.38. The Balaban J connectivity index is 1.60. The molecule has 6 atom stereocenters. The van der Waals surface area contributed by atoms with E-state index in [1.807, 2.05) is 13.0 Å². The van der Waals surface area contributed by atoms with Gasteiger partial charge in [0, 0.05) is 0 Å². The predicted octanol–water partition coefficient (Wildman–Crippen LogP) is 3.79. The number of aliphatic hydroxyl groups excluding tert-OH is 1. The van der Waals surface area contributed by atoms with Crippen molar-refractivity contribution in [3.8, 4) is 5.75 Å². The van der Waals surface area contributed by atoms with E-state index in [4.69, 9.17) is 4.74 Å². The molecular weight excluding hydrogens is 328 g/mol. The first-order valence-corrected chi connectivity index (χ1v) is 10.1. The summed E-state index contributed by atoms with van der Waals surface area (Å²) in [5, 5.41) is 20.8. The minimum Gasteiger partial charge on any atom is -0.508 e. The smallest absolute Gasteiger partial charge is 0.311 e. The predicted molar refractivity (Wildman–Crippen MR) is 98.9 cm³/mol. The molecule has 142 valence electrons. The molecule has 0 aromatic heterocycles. The molecule has 1 aromatic carbocycles. The third kappa shape index (κ3) is 2.65. The van der Waals surface area contributed by atoms with Crippen LogP contribution in [0.25, 0.3) is 0 Å². The molecule has 4 nitrogen and oxygen atoms in total. The fourth-order valence-corrected chi connectivity index (χ4v) is 6.12. The number of aromatic hydroxyl groups is 1. The van der Waals surface area contributed by atoms with Gasteiger partial charge in [-0.2, -0.15) is 0 Å². The van der Waals surface area contributed by atoms with Gasteiger partial charge in [0.2, 0.25) is 0 Å². The van der Waals surface area contributed by atoms with Crippen molar-refractivity contribution >= 4 is 5.97 Å². The summed E-state index contributed by atoms with van der Waals surface area (Å²) in [6.07, 6.45) is 4.99. The van der Waals surface area contributed by atoms with E-state index in [2.05, 4.69) is 13.0 Å². The van der Waals surface area contributed by atoms with Crippen LogP contribution in [0.5, 0.6) is 5.75 Å². The zero-order chi connectivity index (χ0) is 18.5. The van der Waals surface area contributed by atoms with Gasteiger partial charge in [0.25, 0.3) is 0 Å². The molecule has 0 aliphatic heterocycles. The van der Waals surface area contributed by atoms with Gasteiger partial charge in [0.1, 0.15) is 5.75 Å². The van der Waals surface area contributed by atoms with Crippen molar-refractivity contribution in [3.05, 3.63) is 29.3 Å². The highest BCUT2D eigenvalue weighted by Gasteiger charge is 2.59. The van der Waals surface area contributed by atoms with Crippen molar-refractivity contribution < 1.29 is 19.7 Å². The quantitative estimate of drug-likeness (QED) is 0.807. The Morgan fingerprint density at radius 1 is 1.35 bits per heavy atom. The summed E-state index contributed by atoms with van der Waals surface area (Å²) in [6.45, 7) is 4.60. The zero-order valence-corrected chi connectivity index (χ0v) is 15.8. The Kier molecular flexibility index (Phi) is 4.50. The largest absolute Gasteiger partial charge is 0.508 e. The Hall–Kier alpha value is -1.55. The van der Waals surface area contributed by atoms with Gasteiger partial charge >= 0.3 is 5.97 Å². The molecule has 4 rings (SSSR count). The zero-order valence-electron chi connectivity index (χ0n) is 15.8. The second-order valence-electron chi connectivity index (χ2n) is 8.80. The van der Waals surface area contributed by atoms with Crippen LogP contribution in [0.1, 0.15) is 63.0 Å². The Labute approximate surface area is 155 Å². The number of phenols is 1. The molecule has 1 aromatic rings. The number of aryl methyl sites for hydroxylation is 1. The van der Waals surface area contributed by atoms with E-state index < -0.39 is 6.10 Å². The van der Waals surface area contributed by atoms with Gasteiger partial charge in [0.15, 0.2) is 0 Å². The normalized spacial score (nSPS) is 38.2. The van der Waals surface area contributed by atoms with Gasteiger partial charge in [-0.1, -0.05) is 19.9 Å². The molecule has 4 heteroatoms. The van der Waals surface area contributed by atoms with E-state index in [9.17, 15) is 15.0 Å². The SMILES string of the molecule is CCCOC(=O)[C@@H]1C[C@H]2[C@@H]3CCc4cc(O)ccc4[C@H]3CC[C@]2(C)[C@H]1O. The van der Waals surface area contributed by atoms with E-state index in [0.717, 1.165) is 38.5 Å². The Morgan fingerprint density at radius 2 is 2.15 bits per heavy atom. The van der Waals surface area contributed by atoms with Crippen LogP contribution in [-0.2, 0) is 16.0 Å². The lowest BCUT2D eigenvalue weighted by Crippen LogP contribution is -2.44. The number of esters is 1. The molecule has 0 unspecified atom stereocenters. The van der Waals surface area contributed by atoms with E-state index in [1.54, 1.807) is 6.07 Å². The summed E-state index contributed by atoms with van der Waals surface area (Å²) in [5.41, 5.74) is 2.45. The molecule has 2 N–H and O–H groups in total. The lowest BCUT2D eigenvalue weighted by Gasteiger charge is -2.50. The third-order valence-corrected chi connectivity index (χ3v) is 7.46. The van der Waals surface area contributed by atoms with Crippen LogP contribution in [-0.4, -0.2) is 28.9 Å². The van der Waals surface area contributed by atoms with Gasteiger partial charge < -0.3 is 14.9 Å². The van der Waals surface area contributed by atoms with Crippen LogP contribution in [0.4, 0.5) is 0 Å². The van der Waals surface area contributed by atoms with E-state index in [-0.39, 0.29) is 17.3 Å². The van der Waals surface area contributed by atoms with Crippen LogP contribution in [0.15, 0.2) is 18.2 Å². The number of carbonyl (C=O) groups excluding carboxylic acids is 1. The summed E-state index contributed by atoms with van der Waals surface area (Å²) in [6, 6.07) is 5.79. The molecule has 2 fully saturated rings. The van der Waals surface area contributed by atoms with E-state index >= 15 is 0 Å². The molecule has 0 amide bonds. The topological polar surface area (TPSA) is 66.8 Å². The maximum atomic E-state index is 12.5. The minimum absolute atomic E-state index is 0.189. The molecular formula is C22H30O4. The van der Waals surface area contributed by atoms with Crippen molar-refractivity contribution in [1.29, 1.82) is 0 Å². The highest BCUT2D eigenvalue weighted by atomic mass is 16.5. The van der Waals surface area contributed by atoms with Crippen molar-refractivity contribution in [2.45, 2.75) is 64.4 Å². The van der Waals surface area contributed by atoms with Gasteiger partial charge in [-0.25, -0.2) is 0 Å². The van der Waals surface area contributed by atoms with Crippen LogP contribution < -0.4 is 0 Å². The first-order chi connectivity index (χ1) is 12.5. The van der Waals surface area contributed by atoms with Crippen LogP contribution in [0, 0.1) is 23.2 Å². The monoisotopic (exact) mass is 358 g/mol. The molecule has 0 radical (unpaired) electrons. The lowest BCUT2D eigenvalue weighted by molar-refractivity contribution is -0.153. The minimum atomic E-state index is -0.598. The van der Waals surface area contributed by atoms with Crippen molar-refractivity contribution in [2.75, 3.05) is 6.61 Å². The molecule has 3 aliphatic rings. The first kappa shape index (κ1) is 17.8. The van der Waals surface area contributed by atoms with Crippen molar-refractivity contribution in [3.63, 3.8) is 0 Å². The fourth-order valence-electron chi connectivity index (χ4n) is 6.12. The molecule has 3 aliphatic carbocycles. The second-order valence-corrected chi connectivity index (χ2v) is 8.80. The molecule has 26 heavy (non-hydrogen) atoms. The number of aliphatic hydroxyl groups is 1. The van der Waals surface area contributed by atoms with E-state index in [0.29, 0.717) is 30.1 Å². The van der Waals surface area contributed by atoms with Crippen LogP contribution in [0.2, 0.25) is 0 Å². The lowest BCUT2D eigenvalue weighted by atomic mass is 9.55. The molecule has 0 bridgehead atoms. The molecule has 0 saturated heterocycles.